The van der Waals surface area contributed by atoms with Gasteiger partial charge in [0.15, 0.2) is 11.2 Å². The van der Waals surface area contributed by atoms with E-state index >= 15 is 0 Å². The molecule has 3 heterocycles. The number of hydrogen-bond acceptors (Lipinski definition) is 7. The Bertz CT molecular complexity index is 728. The summed E-state index contributed by atoms with van der Waals surface area (Å²) in [5, 5.41) is 1.92. The first-order chi connectivity index (χ1) is 9.59. The Morgan fingerprint density at radius 1 is 1.40 bits per heavy atom. The zero-order valence-electron chi connectivity index (χ0n) is 10.9. The molecule has 0 atom stereocenters. The second-order valence-corrected chi connectivity index (χ2v) is 4.46. The molecule has 1 fully saturated rings. The highest BCUT2D eigenvalue weighted by molar-refractivity contribution is 5.82. The van der Waals surface area contributed by atoms with Crippen LogP contribution in [0.15, 0.2) is 11.1 Å². The maximum Gasteiger partial charge on any atom is 0.289 e. The molecule has 0 aromatic carbocycles. The van der Waals surface area contributed by atoms with Crippen molar-refractivity contribution >= 4 is 23.0 Å². The number of rotatable bonds is 1. The van der Waals surface area contributed by atoms with E-state index in [4.69, 9.17) is 10.5 Å². The maximum atomic E-state index is 12.4. The molecule has 20 heavy (non-hydrogen) atoms. The van der Waals surface area contributed by atoms with Crippen LogP contribution in [0.3, 0.4) is 0 Å². The van der Waals surface area contributed by atoms with Crippen molar-refractivity contribution in [2.24, 2.45) is 0 Å². The average Bonchev–Trinajstić information content (AvgIpc) is 2.83. The Kier molecular flexibility index (Phi) is 2.90. The van der Waals surface area contributed by atoms with Crippen molar-refractivity contribution < 1.29 is 9.53 Å². The first-order valence-electron chi connectivity index (χ1n) is 6.19. The van der Waals surface area contributed by atoms with Gasteiger partial charge in [0.25, 0.3) is 5.56 Å². The van der Waals surface area contributed by atoms with E-state index in [1.807, 2.05) is 5.01 Å². The lowest BCUT2D eigenvalue weighted by atomic mass is 10.4. The first-order valence-corrected chi connectivity index (χ1v) is 6.19. The van der Waals surface area contributed by atoms with Crippen LogP contribution in [0.2, 0.25) is 0 Å². The molecule has 0 aliphatic carbocycles. The van der Waals surface area contributed by atoms with Crippen LogP contribution in [0.25, 0.3) is 11.2 Å². The lowest BCUT2D eigenvalue weighted by Crippen LogP contribution is -2.44. The van der Waals surface area contributed by atoms with Crippen molar-refractivity contribution in [1.29, 1.82) is 0 Å². The number of nitrogens with two attached hydrogens (primary N) is 1. The minimum Gasteiger partial charge on any atom is -0.378 e. The van der Waals surface area contributed by atoms with Crippen LogP contribution in [0.4, 0.5) is 5.95 Å². The van der Waals surface area contributed by atoms with Crippen LogP contribution < -0.4 is 16.3 Å². The number of anilines is 1. The minimum atomic E-state index is -0.510. The summed E-state index contributed by atoms with van der Waals surface area (Å²) in [6, 6.07) is 0. The van der Waals surface area contributed by atoms with E-state index < -0.39 is 11.5 Å². The number of imidazole rings is 1. The normalized spacial score (nSPS) is 15.8. The van der Waals surface area contributed by atoms with E-state index in [1.165, 1.54) is 13.3 Å². The molecule has 0 amide bonds. The van der Waals surface area contributed by atoms with Crippen molar-refractivity contribution in [2.45, 2.75) is 6.92 Å². The fraction of sp³-hybridized carbons (Fsp3) is 0.455. The summed E-state index contributed by atoms with van der Waals surface area (Å²) < 4.78 is 7.74. The van der Waals surface area contributed by atoms with Crippen LogP contribution in [0.1, 0.15) is 11.7 Å². The highest BCUT2D eigenvalue weighted by Gasteiger charge is 2.20. The molecular formula is C11H14N6O3. The molecule has 1 saturated heterocycles. The van der Waals surface area contributed by atoms with E-state index in [0.717, 1.165) is 4.57 Å². The molecule has 0 radical (unpaired) electrons. The SMILES string of the molecule is CC(=O)n1c(N)nc2ncn(N3CCOCC3)c2c1=O. The van der Waals surface area contributed by atoms with Gasteiger partial charge >= 0.3 is 0 Å². The van der Waals surface area contributed by atoms with Crippen molar-refractivity contribution in [3.05, 3.63) is 16.7 Å². The summed E-state index contributed by atoms with van der Waals surface area (Å²) in [6.07, 6.45) is 1.51. The van der Waals surface area contributed by atoms with Gasteiger partial charge in [-0.25, -0.2) is 14.2 Å². The Hall–Kier alpha value is -2.42. The molecule has 0 spiro atoms. The topological polar surface area (TPSA) is 108 Å². The van der Waals surface area contributed by atoms with Gasteiger partial charge < -0.3 is 15.5 Å². The van der Waals surface area contributed by atoms with Crippen molar-refractivity contribution in [3.63, 3.8) is 0 Å². The third-order valence-corrected chi connectivity index (χ3v) is 3.19. The van der Waals surface area contributed by atoms with Gasteiger partial charge in [0.1, 0.15) is 6.33 Å². The predicted molar refractivity (Wildman–Crippen MR) is 71.3 cm³/mol. The first kappa shape index (κ1) is 12.6. The van der Waals surface area contributed by atoms with Gasteiger partial charge in [0.2, 0.25) is 11.9 Å². The third kappa shape index (κ3) is 1.83. The van der Waals surface area contributed by atoms with E-state index in [0.29, 0.717) is 26.3 Å². The van der Waals surface area contributed by atoms with E-state index in [2.05, 4.69) is 9.97 Å². The molecular weight excluding hydrogens is 264 g/mol. The van der Waals surface area contributed by atoms with E-state index in [-0.39, 0.29) is 17.1 Å². The fourth-order valence-electron chi connectivity index (χ4n) is 2.26. The largest absolute Gasteiger partial charge is 0.378 e. The quantitative estimate of drug-likeness (QED) is 0.698. The van der Waals surface area contributed by atoms with Crippen LogP contribution in [0, 0.1) is 0 Å². The number of nitrogen functional groups attached to an aromatic ring is 1. The molecule has 9 heteroatoms. The van der Waals surface area contributed by atoms with Gasteiger partial charge in [-0.3, -0.25) is 9.59 Å². The average molecular weight is 278 g/mol. The van der Waals surface area contributed by atoms with Crippen molar-refractivity contribution in [3.8, 4) is 0 Å². The van der Waals surface area contributed by atoms with Crippen LogP contribution in [0.5, 0.6) is 0 Å². The van der Waals surface area contributed by atoms with Gasteiger partial charge in [0.05, 0.1) is 26.3 Å². The van der Waals surface area contributed by atoms with Gasteiger partial charge in [0, 0.05) is 6.92 Å². The standard InChI is InChI=1S/C11H14N6O3/c1-7(18)17-10(19)8-9(14-11(17)12)13-6-16(8)15-2-4-20-5-3-15/h6H,2-5H2,1H3,(H2,12,14). The Morgan fingerprint density at radius 2 is 2.10 bits per heavy atom. The summed E-state index contributed by atoms with van der Waals surface area (Å²) in [6.45, 7) is 3.68. The number of aromatic nitrogens is 4. The Morgan fingerprint density at radius 3 is 2.75 bits per heavy atom. The molecule has 9 nitrogen and oxygen atoms in total. The second kappa shape index (κ2) is 4.60. The molecule has 1 aliphatic heterocycles. The Balaban J connectivity index is 2.22. The summed E-state index contributed by atoms with van der Waals surface area (Å²) >= 11 is 0. The van der Waals surface area contributed by atoms with Crippen LogP contribution in [-0.2, 0) is 4.74 Å². The maximum absolute atomic E-state index is 12.4. The number of carbonyl (C=O) groups excluding carboxylic acids is 1. The van der Waals surface area contributed by atoms with E-state index in [1.54, 1.807) is 4.68 Å². The molecule has 3 rings (SSSR count). The fourth-order valence-corrected chi connectivity index (χ4v) is 2.26. The molecule has 106 valence electrons. The van der Waals surface area contributed by atoms with Gasteiger partial charge in [-0.1, -0.05) is 0 Å². The molecule has 1 aliphatic rings. The van der Waals surface area contributed by atoms with Crippen LogP contribution >= 0.6 is 0 Å². The van der Waals surface area contributed by atoms with Crippen molar-refractivity contribution in [1.82, 2.24) is 19.2 Å². The third-order valence-electron chi connectivity index (χ3n) is 3.19. The minimum absolute atomic E-state index is 0.151. The van der Waals surface area contributed by atoms with Crippen molar-refractivity contribution in [2.75, 3.05) is 37.0 Å². The zero-order valence-corrected chi connectivity index (χ0v) is 10.9. The highest BCUT2D eigenvalue weighted by atomic mass is 16.5. The van der Waals surface area contributed by atoms with Gasteiger partial charge in [-0.05, 0) is 0 Å². The lowest BCUT2D eigenvalue weighted by Gasteiger charge is -2.29. The molecule has 0 unspecified atom stereocenters. The number of carbonyl (C=O) groups is 1. The molecule has 2 N–H and O–H groups in total. The highest BCUT2D eigenvalue weighted by Crippen LogP contribution is 2.10. The second-order valence-electron chi connectivity index (χ2n) is 4.46. The van der Waals surface area contributed by atoms with E-state index in [9.17, 15) is 9.59 Å². The predicted octanol–water partition coefficient (Wildman–Crippen LogP) is -1.20. The van der Waals surface area contributed by atoms with Gasteiger partial charge in [-0.2, -0.15) is 4.98 Å². The lowest BCUT2D eigenvalue weighted by molar-refractivity contribution is 0.0934. The smallest absolute Gasteiger partial charge is 0.289 e. The van der Waals surface area contributed by atoms with Gasteiger partial charge in [-0.15, -0.1) is 0 Å². The number of fused-ring (bicyclic) bond motifs is 1. The molecule has 2 aromatic rings. The molecule has 0 saturated carbocycles. The summed E-state index contributed by atoms with van der Waals surface area (Å²) in [5.41, 5.74) is 5.59. The monoisotopic (exact) mass is 278 g/mol. The summed E-state index contributed by atoms with van der Waals surface area (Å²) in [4.78, 5) is 32.0. The number of morpholine rings is 1. The number of ether oxygens (including phenoxy) is 1. The number of hydrogen-bond donors (Lipinski definition) is 1. The molecule has 0 bridgehead atoms. The summed E-state index contributed by atoms with van der Waals surface area (Å²) in [7, 11) is 0. The zero-order chi connectivity index (χ0) is 14.3. The van der Waals surface area contributed by atoms with Crippen LogP contribution in [-0.4, -0.2) is 51.4 Å². The number of nitrogens with zero attached hydrogens (tertiary/aromatic N) is 5. The Labute approximate surface area is 113 Å². The summed E-state index contributed by atoms with van der Waals surface area (Å²) in [5.74, 6) is -0.626. The molecule has 2 aromatic heterocycles.